The summed E-state index contributed by atoms with van der Waals surface area (Å²) < 4.78 is 5.70. The van der Waals surface area contributed by atoms with E-state index < -0.39 is 0 Å². The first-order valence-corrected chi connectivity index (χ1v) is 5.91. The van der Waals surface area contributed by atoms with Crippen LogP contribution in [-0.4, -0.2) is 12.4 Å². The Hall–Kier alpha value is -1.41. The molecule has 0 unspecified atom stereocenters. The molecule has 2 rings (SSSR count). The fraction of sp³-hybridized carbons (Fsp3) is 0.143. The van der Waals surface area contributed by atoms with E-state index in [1.807, 2.05) is 36.4 Å². The third-order valence-electron chi connectivity index (χ3n) is 2.36. The minimum atomic E-state index is 0.592. The molecule has 0 spiro atoms. The maximum atomic E-state index is 5.70. The highest BCUT2D eigenvalue weighted by atomic mass is 32.1. The molecular weight excluding hydrogens is 216 g/mol. The van der Waals surface area contributed by atoms with Crippen molar-refractivity contribution in [3.05, 3.63) is 54.6 Å². The van der Waals surface area contributed by atoms with E-state index in [1.165, 1.54) is 5.39 Å². The molecule has 1 nitrogen and oxygen atoms in total. The van der Waals surface area contributed by atoms with Crippen LogP contribution in [0.25, 0.3) is 10.8 Å². The van der Waals surface area contributed by atoms with Gasteiger partial charge in [-0.05, 0) is 11.5 Å². The van der Waals surface area contributed by atoms with Gasteiger partial charge >= 0.3 is 0 Å². The summed E-state index contributed by atoms with van der Waals surface area (Å²) in [5.41, 5.74) is 0. The molecule has 82 valence electrons. The molecule has 0 aromatic heterocycles. The minimum Gasteiger partial charge on any atom is -0.489 e. The summed E-state index contributed by atoms with van der Waals surface area (Å²) >= 11 is 4.10. The number of rotatable bonds is 4. The van der Waals surface area contributed by atoms with Crippen molar-refractivity contribution < 1.29 is 4.74 Å². The van der Waals surface area contributed by atoms with Gasteiger partial charge < -0.3 is 4.74 Å². The van der Waals surface area contributed by atoms with E-state index in [9.17, 15) is 0 Å². The van der Waals surface area contributed by atoms with Crippen molar-refractivity contribution in [2.45, 2.75) is 0 Å². The summed E-state index contributed by atoms with van der Waals surface area (Å²) in [6, 6.07) is 14.3. The molecule has 0 saturated carbocycles. The summed E-state index contributed by atoms with van der Waals surface area (Å²) in [7, 11) is 0. The van der Waals surface area contributed by atoms with E-state index >= 15 is 0 Å². The van der Waals surface area contributed by atoms with Crippen molar-refractivity contribution in [3.8, 4) is 5.75 Å². The molecule has 0 amide bonds. The van der Waals surface area contributed by atoms with Crippen molar-refractivity contribution in [3.63, 3.8) is 0 Å². The Morgan fingerprint density at radius 2 is 1.81 bits per heavy atom. The minimum absolute atomic E-state index is 0.592. The van der Waals surface area contributed by atoms with E-state index in [2.05, 4.69) is 30.8 Å². The number of benzene rings is 2. The van der Waals surface area contributed by atoms with Crippen LogP contribution in [0.5, 0.6) is 5.75 Å². The monoisotopic (exact) mass is 230 g/mol. The number of thiol groups is 1. The molecule has 16 heavy (non-hydrogen) atoms. The van der Waals surface area contributed by atoms with Gasteiger partial charge in [0.25, 0.3) is 0 Å². The molecule has 0 fully saturated rings. The molecule has 2 aromatic carbocycles. The zero-order valence-electron chi connectivity index (χ0n) is 8.97. The predicted molar refractivity (Wildman–Crippen MR) is 72.4 cm³/mol. The van der Waals surface area contributed by atoms with Crippen molar-refractivity contribution in [1.82, 2.24) is 0 Å². The summed E-state index contributed by atoms with van der Waals surface area (Å²) in [5.74, 6) is 1.68. The van der Waals surface area contributed by atoms with Gasteiger partial charge in [-0.25, -0.2) is 0 Å². The quantitative estimate of drug-likeness (QED) is 0.622. The number of fused-ring (bicyclic) bond motifs is 1. The molecule has 0 N–H and O–H groups in total. The van der Waals surface area contributed by atoms with Gasteiger partial charge in [0.15, 0.2) is 0 Å². The van der Waals surface area contributed by atoms with E-state index in [1.54, 1.807) is 0 Å². The van der Waals surface area contributed by atoms with Crippen molar-refractivity contribution in [1.29, 1.82) is 0 Å². The van der Waals surface area contributed by atoms with Gasteiger partial charge in [0.05, 0.1) is 0 Å². The standard InChI is InChI=1S/C14H14OS/c16-11-4-3-10-15-14-9-5-7-12-6-1-2-8-13(12)14/h1-9,16H,10-11H2. The Bertz CT molecular complexity index is 486. The fourth-order valence-corrected chi connectivity index (χ4v) is 1.75. The molecule has 0 aliphatic heterocycles. The topological polar surface area (TPSA) is 9.23 Å². The maximum Gasteiger partial charge on any atom is 0.127 e. The van der Waals surface area contributed by atoms with Gasteiger partial charge in [-0.2, -0.15) is 12.6 Å². The van der Waals surface area contributed by atoms with Crippen LogP contribution in [0, 0.1) is 0 Å². The Morgan fingerprint density at radius 1 is 1.00 bits per heavy atom. The lowest BCUT2D eigenvalue weighted by molar-refractivity contribution is 0.367. The first-order chi connectivity index (χ1) is 7.92. The van der Waals surface area contributed by atoms with E-state index in [0.717, 1.165) is 16.9 Å². The van der Waals surface area contributed by atoms with Gasteiger partial charge in [-0.15, -0.1) is 0 Å². The lowest BCUT2D eigenvalue weighted by atomic mass is 10.1. The van der Waals surface area contributed by atoms with Crippen LogP contribution in [0.1, 0.15) is 0 Å². The second kappa shape index (κ2) is 5.61. The molecule has 0 radical (unpaired) electrons. The summed E-state index contributed by atoms with van der Waals surface area (Å²) in [4.78, 5) is 0. The Labute approximate surface area is 101 Å². The largest absolute Gasteiger partial charge is 0.489 e. The van der Waals surface area contributed by atoms with Crippen molar-refractivity contribution in [2.24, 2.45) is 0 Å². The van der Waals surface area contributed by atoms with Crippen LogP contribution in [0.15, 0.2) is 54.6 Å². The Kier molecular flexibility index (Phi) is 3.89. The molecule has 2 heteroatoms. The van der Waals surface area contributed by atoms with Crippen LogP contribution < -0.4 is 4.74 Å². The first-order valence-electron chi connectivity index (χ1n) is 5.28. The zero-order valence-corrected chi connectivity index (χ0v) is 9.86. The van der Waals surface area contributed by atoms with Crippen LogP contribution in [0.4, 0.5) is 0 Å². The molecule has 2 aromatic rings. The molecule has 0 aliphatic rings. The number of hydrogen-bond donors (Lipinski definition) is 1. The Balaban J connectivity index is 2.20. The van der Waals surface area contributed by atoms with Crippen LogP contribution in [-0.2, 0) is 0 Å². The summed E-state index contributed by atoms with van der Waals surface area (Å²) in [6.45, 7) is 0.592. The smallest absolute Gasteiger partial charge is 0.127 e. The molecule has 0 saturated heterocycles. The lowest BCUT2D eigenvalue weighted by Crippen LogP contribution is -1.94. The molecule has 0 heterocycles. The molecular formula is C14H14OS. The first kappa shape index (κ1) is 11.1. The van der Waals surface area contributed by atoms with Gasteiger partial charge in [-0.3, -0.25) is 0 Å². The highest BCUT2D eigenvalue weighted by molar-refractivity contribution is 7.80. The van der Waals surface area contributed by atoms with Crippen LogP contribution in [0.2, 0.25) is 0 Å². The van der Waals surface area contributed by atoms with Crippen LogP contribution >= 0.6 is 12.6 Å². The number of ether oxygens (including phenoxy) is 1. The third kappa shape index (κ3) is 2.58. The van der Waals surface area contributed by atoms with E-state index in [0.29, 0.717) is 6.61 Å². The van der Waals surface area contributed by atoms with Gasteiger partial charge in [0, 0.05) is 11.1 Å². The highest BCUT2D eigenvalue weighted by Gasteiger charge is 1.99. The second-order valence-corrected chi connectivity index (χ2v) is 3.81. The molecule has 0 bridgehead atoms. The normalized spacial score (nSPS) is 11.1. The number of hydrogen-bond acceptors (Lipinski definition) is 2. The van der Waals surface area contributed by atoms with E-state index in [-0.39, 0.29) is 0 Å². The molecule has 0 aliphatic carbocycles. The zero-order chi connectivity index (χ0) is 11.2. The Morgan fingerprint density at radius 3 is 2.69 bits per heavy atom. The average Bonchev–Trinajstić information content (AvgIpc) is 2.35. The SMILES string of the molecule is SCC=CCOc1cccc2ccccc12. The van der Waals surface area contributed by atoms with Gasteiger partial charge in [0.1, 0.15) is 12.4 Å². The van der Waals surface area contributed by atoms with Crippen molar-refractivity contribution >= 4 is 23.4 Å². The molecule has 0 atom stereocenters. The third-order valence-corrected chi connectivity index (χ3v) is 2.57. The highest BCUT2D eigenvalue weighted by Crippen LogP contribution is 2.24. The van der Waals surface area contributed by atoms with Crippen molar-refractivity contribution in [2.75, 3.05) is 12.4 Å². The predicted octanol–water partition coefficient (Wildman–Crippen LogP) is 3.70. The van der Waals surface area contributed by atoms with Gasteiger partial charge in [0.2, 0.25) is 0 Å². The maximum absolute atomic E-state index is 5.70. The summed E-state index contributed by atoms with van der Waals surface area (Å²) in [5, 5.41) is 2.36. The fourth-order valence-electron chi connectivity index (χ4n) is 1.60. The average molecular weight is 230 g/mol. The summed E-state index contributed by atoms with van der Waals surface area (Å²) in [6.07, 6.45) is 3.96. The van der Waals surface area contributed by atoms with Gasteiger partial charge in [-0.1, -0.05) is 48.6 Å². The van der Waals surface area contributed by atoms with Crippen LogP contribution in [0.3, 0.4) is 0 Å². The lowest BCUT2D eigenvalue weighted by Gasteiger charge is -2.06. The second-order valence-electron chi connectivity index (χ2n) is 3.44. The van der Waals surface area contributed by atoms with E-state index in [4.69, 9.17) is 4.74 Å².